The Kier molecular flexibility index (Phi) is 2.93. The van der Waals surface area contributed by atoms with Crippen LogP contribution in [0.25, 0.3) is 0 Å². The van der Waals surface area contributed by atoms with Gasteiger partial charge in [0.05, 0.1) is 5.92 Å². The standard InChI is InChI=1S/C10H17NO4/c1-6-7(8(12)13)5-11(6)9(14)15-10(2,3)4/h6-7H,5H2,1-4H3,(H,12,13)/t6-,7+/m0/s1. The van der Waals surface area contributed by atoms with E-state index < -0.39 is 23.6 Å². The zero-order valence-electron chi connectivity index (χ0n) is 9.48. The van der Waals surface area contributed by atoms with Gasteiger partial charge in [0.15, 0.2) is 0 Å². The number of aliphatic carboxylic acids is 1. The molecule has 0 bridgehead atoms. The van der Waals surface area contributed by atoms with Gasteiger partial charge in [-0.05, 0) is 27.7 Å². The molecule has 1 heterocycles. The molecule has 1 amide bonds. The number of carbonyl (C=O) groups excluding carboxylic acids is 1. The molecule has 1 N–H and O–H groups in total. The lowest BCUT2D eigenvalue weighted by Crippen LogP contribution is -2.60. The summed E-state index contributed by atoms with van der Waals surface area (Å²) in [5, 5.41) is 8.76. The second kappa shape index (κ2) is 3.72. The third-order valence-electron chi connectivity index (χ3n) is 2.41. The van der Waals surface area contributed by atoms with E-state index in [4.69, 9.17) is 9.84 Å². The molecule has 5 nitrogen and oxygen atoms in total. The van der Waals surface area contributed by atoms with Crippen LogP contribution in [-0.2, 0) is 9.53 Å². The first kappa shape index (κ1) is 11.8. The van der Waals surface area contributed by atoms with Gasteiger partial charge in [-0.25, -0.2) is 4.79 Å². The Bertz CT molecular complexity index is 282. The lowest BCUT2D eigenvalue weighted by Gasteiger charge is -2.43. The summed E-state index contributed by atoms with van der Waals surface area (Å²) in [6, 6.07) is -0.280. The number of carbonyl (C=O) groups is 2. The minimum atomic E-state index is -0.859. The normalized spacial score (nSPS) is 25.7. The van der Waals surface area contributed by atoms with Gasteiger partial charge in [0.25, 0.3) is 0 Å². The molecular formula is C10H17NO4. The van der Waals surface area contributed by atoms with Crippen LogP contribution >= 0.6 is 0 Å². The highest BCUT2D eigenvalue weighted by atomic mass is 16.6. The Labute approximate surface area is 89.0 Å². The van der Waals surface area contributed by atoms with Gasteiger partial charge in [0.1, 0.15) is 5.60 Å². The summed E-state index contributed by atoms with van der Waals surface area (Å²) in [4.78, 5) is 23.6. The van der Waals surface area contributed by atoms with Crippen molar-refractivity contribution in [3.05, 3.63) is 0 Å². The van der Waals surface area contributed by atoms with Crippen molar-refractivity contribution in [3.63, 3.8) is 0 Å². The maximum Gasteiger partial charge on any atom is 0.410 e. The molecule has 1 saturated heterocycles. The molecule has 0 unspecified atom stereocenters. The fourth-order valence-corrected chi connectivity index (χ4v) is 1.46. The van der Waals surface area contributed by atoms with E-state index >= 15 is 0 Å². The van der Waals surface area contributed by atoms with Gasteiger partial charge < -0.3 is 14.7 Å². The van der Waals surface area contributed by atoms with Crippen molar-refractivity contribution in [1.82, 2.24) is 4.90 Å². The molecule has 86 valence electrons. The van der Waals surface area contributed by atoms with E-state index in [2.05, 4.69) is 0 Å². The van der Waals surface area contributed by atoms with Gasteiger partial charge in [-0.3, -0.25) is 4.79 Å². The number of rotatable bonds is 1. The topological polar surface area (TPSA) is 66.8 Å². The summed E-state index contributed by atoms with van der Waals surface area (Å²) in [7, 11) is 0. The molecule has 0 saturated carbocycles. The van der Waals surface area contributed by atoms with Crippen LogP contribution < -0.4 is 0 Å². The molecule has 1 aliphatic heterocycles. The average molecular weight is 215 g/mol. The lowest BCUT2D eigenvalue weighted by molar-refractivity contribution is -0.150. The molecule has 1 rings (SSSR count). The molecule has 2 atom stereocenters. The molecule has 0 aromatic rings. The second-order valence-electron chi connectivity index (χ2n) is 4.82. The van der Waals surface area contributed by atoms with Crippen LogP contribution in [0.4, 0.5) is 4.79 Å². The summed E-state index contributed by atoms with van der Waals surface area (Å²) in [5.41, 5.74) is -0.537. The van der Waals surface area contributed by atoms with Crippen LogP contribution in [0, 0.1) is 5.92 Å². The summed E-state index contributed by atoms with van der Waals surface area (Å²) < 4.78 is 5.13. The van der Waals surface area contributed by atoms with Crippen LogP contribution in [0.1, 0.15) is 27.7 Å². The van der Waals surface area contributed by atoms with Crippen molar-refractivity contribution in [2.45, 2.75) is 39.3 Å². The smallest absolute Gasteiger partial charge is 0.410 e. The fourth-order valence-electron chi connectivity index (χ4n) is 1.46. The Balaban J connectivity index is 2.49. The summed E-state index contributed by atoms with van der Waals surface area (Å²) >= 11 is 0. The Hall–Kier alpha value is -1.26. The van der Waals surface area contributed by atoms with Crippen LogP contribution in [0.5, 0.6) is 0 Å². The zero-order valence-corrected chi connectivity index (χ0v) is 9.48. The predicted molar refractivity (Wildman–Crippen MR) is 53.5 cm³/mol. The quantitative estimate of drug-likeness (QED) is 0.716. The van der Waals surface area contributed by atoms with Gasteiger partial charge in [-0.1, -0.05) is 0 Å². The molecule has 1 aliphatic rings. The summed E-state index contributed by atoms with van der Waals surface area (Å²) in [6.45, 7) is 7.30. The van der Waals surface area contributed by atoms with Crippen molar-refractivity contribution < 1.29 is 19.4 Å². The van der Waals surface area contributed by atoms with Gasteiger partial charge in [0.2, 0.25) is 0 Å². The highest BCUT2D eigenvalue weighted by Crippen LogP contribution is 2.26. The van der Waals surface area contributed by atoms with Crippen LogP contribution in [0.2, 0.25) is 0 Å². The van der Waals surface area contributed by atoms with E-state index in [0.717, 1.165) is 0 Å². The molecular weight excluding hydrogens is 198 g/mol. The van der Waals surface area contributed by atoms with E-state index in [-0.39, 0.29) is 12.6 Å². The number of carboxylic acid groups (broad SMARTS) is 1. The van der Waals surface area contributed by atoms with Crippen molar-refractivity contribution in [1.29, 1.82) is 0 Å². The van der Waals surface area contributed by atoms with Crippen molar-refractivity contribution in [2.24, 2.45) is 5.92 Å². The summed E-state index contributed by atoms with van der Waals surface area (Å²) in [5.74, 6) is -1.32. The monoisotopic (exact) mass is 215 g/mol. The maximum absolute atomic E-state index is 11.5. The van der Waals surface area contributed by atoms with Crippen LogP contribution in [-0.4, -0.2) is 40.3 Å². The summed E-state index contributed by atoms with van der Waals surface area (Å²) in [6.07, 6.45) is -0.438. The van der Waals surface area contributed by atoms with Gasteiger partial charge in [0, 0.05) is 12.6 Å². The van der Waals surface area contributed by atoms with E-state index in [0.29, 0.717) is 0 Å². The first-order valence-electron chi connectivity index (χ1n) is 4.95. The molecule has 0 aromatic heterocycles. The first-order valence-corrected chi connectivity index (χ1v) is 4.95. The molecule has 5 heteroatoms. The van der Waals surface area contributed by atoms with E-state index in [1.54, 1.807) is 27.7 Å². The van der Waals surface area contributed by atoms with Gasteiger partial charge in [-0.15, -0.1) is 0 Å². The van der Waals surface area contributed by atoms with Crippen LogP contribution in [0.15, 0.2) is 0 Å². The minimum absolute atomic E-state index is 0.241. The van der Waals surface area contributed by atoms with E-state index in [9.17, 15) is 9.59 Å². The van der Waals surface area contributed by atoms with E-state index in [1.165, 1.54) is 4.90 Å². The van der Waals surface area contributed by atoms with Crippen LogP contribution in [0.3, 0.4) is 0 Å². The molecule has 15 heavy (non-hydrogen) atoms. The SMILES string of the molecule is C[C@H]1[C@H](C(=O)O)CN1C(=O)OC(C)(C)C. The third-order valence-corrected chi connectivity index (χ3v) is 2.41. The van der Waals surface area contributed by atoms with Gasteiger partial charge >= 0.3 is 12.1 Å². The number of hydrogen-bond donors (Lipinski definition) is 1. The number of amides is 1. The Morgan fingerprint density at radius 2 is 1.93 bits per heavy atom. The molecule has 0 radical (unpaired) electrons. The second-order valence-corrected chi connectivity index (χ2v) is 4.82. The zero-order chi connectivity index (χ0) is 11.8. The third kappa shape index (κ3) is 2.61. The molecule has 0 aromatic carbocycles. The lowest BCUT2D eigenvalue weighted by atomic mass is 9.91. The number of ether oxygens (including phenoxy) is 1. The van der Waals surface area contributed by atoms with Crippen molar-refractivity contribution in [2.75, 3.05) is 6.54 Å². The number of likely N-dealkylation sites (tertiary alicyclic amines) is 1. The first-order chi connectivity index (χ1) is 6.72. The number of nitrogens with zero attached hydrogens (tertiary/aromatic N) is 1. The van der Waals surface area contributed by atoms with Crippen molar-refractivity contribution >= 4 is 12.1 Å². The average Bonchev–Trinajstić information content (AvgIpc) is 1.97. The molecule has 0 spiro atoms. The molecule has 0 aliphatic carbocycles. The Morgan fingerprint density at radius 1 is 1.40 bits per heavy atom. The van der Waals surface area contributed by atoms with Crippen molar-refractivity contribution in [3.8, 4) is 0 Å². The maximum atomic E-state index is 11.5. The predicted octanol–water partition coefficient (Wildman–Crippen LogP) is 1.33. The molecule has 1 fully saturated rings. The number of carboxylic acids is 1. The highest BCUT2D eigenvalue weighted by molar-refractivity contribution is 5.77. The fraction of sp³-hybridized carbons (Fsp3) is 0.800. The minimum Gasteiger partial charge on any atom is -0.481 e. The highest BCUT2D eigenvalue weighted by Gasteiger charge is 2.44. The van der Waals surface area contributed by atoms with E-state index in [1.807, 2.05) is 0 Å². The Morgan fingerprint density at radius 3 is 2.27 bits per heavy atom. The largest absolute Gasteiger partial charge is 0.481 e. The number of hydrogen-bond acceptors (Lipinski definition) is 3. The van der Waals surface area contributed by atoms with Gasteiger partial charge in [-0.2, -0.15) is 0 Å².